The molecule has 2 aromatic heterocycles. The first kappa shape index (κ1) is 32.0. The van der Waals surface area contributed by atoms with E-state index in [9.17, 15) is 18.7 Å². The Morgan fingerprint density at radius 2 is 1.95 bits per heavy atom. The van der Waals surface area contributed by atoms with Crippen LogP contribution in [0.5, 0.6) is 0 Å². The number of aryl methyl sites for hydroxylation is 1. The van der Waals surface area contributed by atoms with Crippen LogP contribution in [0.1, 0.15) is 34.5 Å². The zero-order valence-corrected chi connectivity index (χ0v) is 26.4. The molecule has 0 amide bonds. The number of thiazole rings is 1. The van der Waals surface area contributed by atoms with Gasteiger partial charge in [-0.2, -0.15) is 10.4 Å². The first-order valence-electron chi connectivity index (χ1n) is 10.4. The summed E-state index contributed by atoms with van der Waals surface area (Å²) in [6, 6.07) is 12.7. The van der Waals surface area contributed by atoms with Crippen molar-refractivity contribution in [2.45, 2.75) is 31.9 Å². The predicted octanol–water partition coefficient (Wildman–Crippen LogP) is -2.73. The minimum atomic E-state index is -5.55. The summed E-state index contributed by atoms with van der Waals surface area (Å²) in [6.07, 6.45) is 2.64. The molecule has 2 heterocycles. The topological polar surface area (TPSA) is 140 Å². The van der Waals surface area contributed by atoms with Crippen LogP contribution in [0.3, 0.4) is 0 Å². The maximum Gasteiger partial charge on any atom is 1.00 e. The van der Waals surface area contributed by atoms with Gasteiger partial charge in [0, 0.05) is 16.9 Å². The third-order valence-electron chi connectivity index (χ3n) is 5.68. The summed E-state index contributed by atoms with van der Waals surface area (Å²) in [4.78, 5) is 32.6. The fraction of sp³-hybridized carbons (Fsp3) is 0.217. The fourth-order valence-electron chi connectivity index (χ4n) is 4.00. The normalized spacial score (nSPS) is 13.5. The van der Waals surface area contributed by atoms with Gasteiger partial charge in [-0.25, -0.2) is 19.0 Å². The number of benzene rings is 2. The molecule has 0 fully saturated rings. The molecular formula is C23H19FN5Na2O4PS. The van der Waals surface area contributed by atoms with E-state index in [1.807, 2.05) is 0 Å². The van der Waals surface area contributed by atoms with E-state index in [4.69, 9.17) is 9.79 Å². The molecule has 4 aromatic rings. The Bertz CT molecular complexity index is 1430. The number of halogens is 1. The van der Waals surface area contributed by atoms with Gasteiger partial charge in [-0.3, -0.25) is 0 Å². The van der Waals surface area contributed by atoms with Gasteiger partial charge >= 0.3 is 59.1 Å². The smallest absolute Gasteiger partial charge is 0.790 e. The number of nitriles is 1. The quantitative estimate of drug-likeness (QED) is 0.168. The third kappa shape index (κ3) is 7.44. The SMILES string of the molecule is Cc1cc(F)ccc1C(Cn1cncn1)(OP(=O)([O-])[O-])[C@@H](C)c1nc(-c2ccc(C#N)cc2)cs1.[Na+].[Na+]. The van der Waals surface area contributed by atoms with Crippen LogP contribution < -0.4 is 68.9 Å². The van der Waals surface area contributed by atoms with Crippen LogP contribution in [0, 0.1) is 24.1 Å². The van der Waals surface area contributed by atoms with Crippen molar-refractivity contribution in [1.82, 2.24) is 19.7 Å². The van der Waals surface area contributed by atoms with E-state index in [0.717, 1.165) is 5.56 Å². The van der Waals surface area contributed by atoms with Crippen molar-refractivity contribution in [3.05, 3.63) is 88.0 Å². The van der Waals surface area contributed by atoms with Crippen molar-refractivity contribution >= 4 is 19.2 Å². The van der Waals surface area contributed by atoms with Gasteiger partial charge in [-0.1, -0.05) is 25.1 Å². The molecule has 4 rings (SSSR count). The van der Waals surface area contributed by atoms with Gasteiger partial charge < -0.3 is 18.9 Å². The molecule has 0 aliphatic rings. The first-order valence-corrected chi connectivity index (χ1v) is 12.7. The Morgan fingerprint density at radius 3 is 2.51 bits per heavy atom. The van der Waals surface area contributed by atoms with Crippen molar-refractivity contribution in [3.8, 4) is 17.3 Å². The van der Waals surface area contributed by atoms with Crippen molar-refractivity contribution in [1.29, 1.82) is 5.26 Å². The molecule has 0 aliphatic carbocycles. The average Bonchev–Trinajstić information content (AvgIpc) is 3.49. The van der Waals surface area contributed by atoms with E-state index in [1.54, 1.807) is 43.5 Å². The molecule has 9 nitrogen and oxygen atoms in total. The van der Waals surface area contributed by atoms with Crippen LogP contribution in [-0.4, -0.2) is 19.7 Å². The number of phosphoric ester groups is 1. The summed E-state index contributed by atoms with van der Waals surface area (Å²) in [6.45, 7) is 3.10. The van der Waals surface area contributed by atoms with E-state index >= 15 is 0 Å². The van der Waals surface area contributed by atoms with Gasteiger partial charge in [0.1, 0.15) is 24.1 Å². The van der Waals surface area contributed by atoms with Crippen LogP contribution in [0.15, 0.2) is 60.5 Å². The molecule has 0 spiro atoms. The number of aromatic nitrogens is 4. The number of phosphoric acid groups is 1. The Labute approximate surface area is 261 Å². The Hall–Kier alpha value is -1.26. The molecule has 0 N–H and O–H groups in total. The molecule has 0 aliphatic heterocycles. The van der Waals surface area contributed by atoms with E-state index in [1.165, 1.54) is 46.9 Å². The average molecular weight is 557 g/mol. The summed E-state index contributed by atoms with van der Waals surface area (Å²) in [5.41, 5.74) is 0.797. The van der Waals surface area contributed by atoms with Crippen LogP contribution in [0.2, 0.25) is 0 Å². The molecule has 14 heteroatoms. The predicted molar refractivity (Wildman–Crippen MR) is 122 cm³/mol. The largest absolute Gasteiger partial charge is 1.00 e. The second kappa shape index (κ2) is 13.2. The summed E-state index contributed by atoms with van der Waals surface area (Å²) < 4.78 is 32.7. The molecule has 2 atom stereocenters. The summed E-state index contributed by atoms with van der Waals surface area (Å²) in [5.74, 6) is -1.29. The fourth-order valence-corrected chi connectivity index (χ4v) is 5.68. The van der Waals surface area contributed by atoms with Crippen LogP contribution >= 0.6 is 19.2 Å². The second-order valence-corrected chi connectivity index (χ2v) is 9.93. The van der Waals surface area contributed by atoms with Crippen LogP contribution in [0.4, 0.5) is 4.39 Å². The molecular weight excluding hydrogens is 538 g/mol. The summed E-state index contributed by atoms with van der Waals surface area (Å²) >= 11 is 1.26. The maximum absolute atomic E-state index is 13.9. The second-order valence-electron chi connectivity index (χ2n) is 7.96. The van der Waals surface area contributed by atoms with Crippen molar-refractivity contribution < 1.29 is 82.4 Å². The molecule has 0 saturated heterocycles. The van der Waals surface area contributed by atoms with Gasteiger partial charge in [-0.05, 0) is 42.3 Å². The number of nitrogens with zero attached hydrogens (tertiary/aromatic N) is 5. The minimum absolute atomic E-state index is 0. The van der Waals surface area contributed by atoms with Gasteiger partial charge in [0.15, 0.2) is 0 Å². The van der Waals surface area contributed by atoms with Crippen LogP contribution in [0.25, 0.3) is 11.3 Å². The zero-order valence-electron chi connectivity index (χ0n) is 20.7. The Morgan fingerprint density at radius 1 is 1.24 bits per heavy atom. The van der Waals surface area contributed by atoms with Crippen molar-refractivity contribution in [2.24, 2.45) is 0 Å². The molecule has 0 bridgehead atoms. The monoisotopic (exact) mass is 557 g/mol. The van der Waals surface area contributed by atoms with Crippen molar-refractivity contribution in [3.63, 3.8) is 0 Å². The van der Waals surface area contributed by atoms with Crippen molar-refractivity contribution in [2.75, 3.05) is 0 Å². The third-order valence-corrected chi connectivity index (χ3v) is 7.26. The molecule has 1 unspecified atom stereocenters. The standard InChI is InChI=1S/C23H21FN5O4PS.2Na/c1-15-9-19(24)7-8-20(15)23(33-34(30,31)32,12-29-14-26-13-27-29)16(2)22-28-21(11-35-22)18-5-3-17(10-25)4-6-18;;/h3-9,11,13-14,16H,12H2,1-2H3,(H2,30,31,32);;/q;2*+1/p-2/t16-,23?;;/m0../s1. The number of hydrogen-bond donors (Lipinski definition) is 0. The Kier molecular flexibility index (Phi) is 11.4. The Balaban J connectivity index is 0.00000241. The molecule has 37 heavy (non-hydrogen) atoms. The van der Waals surface area contributed by atoms with Gasteiger partial charge in [-0.15, -0.1) is 11.3 Å². The molecule has 180 valence electrons. The van der Waals surface area contributed by atoms with E-state index in [-0.39, 0.29) is 65.7 Å². The molecule has 0 radical (unpaired) electrons. The minimum Gasteiger partial charge on any atom is -0.790 e. The first-order chi connectivity index (χ1) is 16.6. The maximum atomic E-state index is 13.9. The number of rotatable bonds is 8. The van der Waals surface area contributed by atoms with Gasteiger partial charge in [0.2, 0.25) is 0 Å². The van der Waals surface area contributed by atoms with E-state index in [2.05, 4.69) is 21.1 Å². The van der Waals surface area contributed by atoms with Crippen LogP contribution in [-0.2, 0) is 21.2 Å². The molecule has 0 saturated carbocycles. The van der Waals surface area contributed by atoms with E-state index < -0.39 is 25.2 Å². The molecule has 2 aromatic carbocycles. The number of hydrogen-bond acceptors (Lipinski definition) is 9. The summed E-state index contributed by atoms with van der Waals surface area (Å²) in [5, 5.41) is 15.4. The zero-order chi connectivity index (χ0) is 25.2. The van der Waals surface area contributed by atoms with Gasteiger partial charge in [0.05, 0.1) is 36.7 Å². The van der Waals surface area contributed by atoms with Gasteiger partial charge in [0.25, 0.3) is 0 Å². The van der Waals surface area contributed by atoms with E-state index in [0.29, 0.717) is 27.4 Å². The summed E-state index contributed by atoms with van der Waals surface area (Å²) in [7, 11) is -5.55.